The molecule has 0 aromatic heterocycles. The van der Waals surface area contributed by atoms with Crippen molar-refractivity contribution in [1.29, 1.82) is 0 Å². The van der Waals surface area contributed by atoms with Crippen LogP contribution in [0.3, 0.4) is 0 Å². The van der Waals surface area contributed by atoms with Crippen LogP contribution in [0.2, 0.25) is 0 Å². The lowest BCUT2D eigenvalue weighted by atomic mass is 10.1. The quantitative estimate of drug-likeness (QED) is 0.651. The Labute approximate surface area is 97.5 Å². The van der Waals surface area contributed by atoms with Crippen molar-refractivity contribution >= 4 is 0 Å². The third-order valence-electron chi connectivity index (χ3n) is 1.68. The zero-order valence-corrected chi connectivity index (χ0v) is 11.9. The van der Waals surface area contributed by atoms with Crippen molar-refractivity contribution in [3.63, 3.8) is 0 Å². The van der Waals surface area contributed by atoms with E-state index in [2.05, 4.69) is 19.9 Å². The predicted octanol–water partition coefficient (Wildman–Crippen LogP) is 5.04. The highest BCUT2D eigenvalue weighted by molar-refractivity contribution is 5.23. The van der Waals surface area contributed by atoms with Crippen LogP contribution in [0.5, 0.6) is 0 Å². The third kappa shape index (κ3) is 13.3. The molecule has 0 aliphatic heterocycles. The van der Waals surface area contributed by atoms with Crippen molar-refractivity contribution in [3.05, 3.63) is 23.4 Å². The molecule has 1 heteroatoms. The average molecular weight is 213 g/mol. The summed E-state index contributed by atoms with van der Waals surface area (Å²) >= 11 is 0. The van der Waals surface area contributed by atoms with Crippen LogP contribution >= 0.6 is 0 Å². The molecular weight excluding hydrogens is 182 g/mol. The van der Waals surface area contributed by atoms with E-state index in [4.69, 9.17) is 5.73 Å². The van der Waals surface area contributed by atoms with E-state index < -0.39 is 0 Å². The largest absolute Gasteiger partial charge is 0.402 e. The fourth-order valence-electron chi connectivity index (χ4n) is 1.05. The molecule has 0 aliphatic rings. The maximum atomic E-state index is 5.82. The standard InChI is InChI=1S/C10H19N.2C2H6/c1-4-7-9(8-5-2)10(11)6-3;2*1-2/h4,7H,5-6,8,11H2,1-3H3;2*1-2H3/b7-4-,10-9+;;. The van der Waals surface area contributed by atoms with Gasteiger partial charge < -0.3 is 5.73 Å². The van der Waals surface area contributed by atoms with E-state index >= 15 is 0 Å². The summed E-state index contributed by atoms with van der Waals surface area (Å²) in [6, 6.07) is 0. The van der Waals surface area contributed by atoms with Gasteiger partial charge in [-0.15, -0.1) is 0 Å². The number of rotatable bonds is 4. The zero-order chi connectivity index (χ0) is 12.7. The predicted molar refractivity (Wildman–Crippen MR) is 73.9 cm³/mol. The van der Waals surface area contributed by atoms with Gasteiger partial charge in [-0.1, -0.05) is 60.1 Å². The van der Waals surface area contributed by atoms with Gasteiger partial charge in [0.1, 0.15) is 0 Å². The van der Waals surface area contributed by atoms with Gasteiger partial charge in [-0.25, -0.2) is 0 Å². The number of hydrogen-bond donors (Lipinski definition) is 1. The minimum absolute atomic E-state index is 0.958. The Bertz CT molecular complexity index is 155. The lowest BCUT2D eigenvalue weighted by molar-refractivity contribution is 0.890. The summed E-state index contributed by atoms with van der Waals surface area (Å²) < 4.78 is 0. The van der Waals surface area contributed by atoms with Crippen molar-refractivity contribution in [2.24, 2.45) is 5.73 Å². The Morgan fingerprint density at radius 3 is 1.80 bits per heavy atom. The summed E-state index contributed by atoms with van der Waals surface area (Å²) in [5.74, 6) is 0. The molecule has 0 fully saturated rings. The highest BCUT2D eigenvalue weighted by atomic mass is 14.6. The summed E-state index contributed by atoms with van der Waals surface area (Å²) in [5, 5.41) is 0. The van der Waals surface area contributed by atoms with E-state index in [1.54, 1.807) is 0 Å². The van der Waals surface area contributed by atoms with Gasteiger partial charge >= 0.3 is 0 Å². The fourth-order valence-corrected chi connectivity index (χ4v) is 1.05. The first kappa shape index (κ1) is 19.8. The minimum atomic E-state index is 0.958. The Morgan fingerprint density at radius 1 is 1.07 bits per heavy atom. The summed E-state index contributed by atoms with van der Waals surface area (Å²) in [7, 11) is 0. The molecule has 0 rings (SSSR count). The van der Waals surface area contributed by atoms with Crippen molar-refractivity contribution < 1.29 is 0 Å². The van der Waals surface area contributed by atoms with Crippen LogP contribution in [0.25, 0.3) is 0 Å². The van der Waals surface area contributed by atoms with Crippen LogP contribution in [0.1, 0.15) is 67.7 Å². The topological polar surface area (TPSA) is 26.0 Å². The van der Waals surface area contributed by atoms with Gasteiger partial charge in [0.15, 0.2) is 0 Å². The lowest BCUT2D eigenvalue weighted by Gasteiger charge is -2.04. The second-order valence-corrected chi connectivity index (χ2v) is 2.65. The molecule has 2 N–H and O–H groups in total. The minimum Gasteiger partial charge on any atom is -0.402 e. The second-order valence-electron chi connectivity index (χ2n) is 2.65. The molecule has 0 spiro atoms. The highest BCUT2D eigenvalue weighted by Gasteiger charge is 1.95. The first-order valence-electron chi connectivity index (χ1n) is 6.36. The third-order valence-corrected chi connectivity index (χ3v) is 1.68. The molecule has 92 valence electrons. The molecule has 0 amide bonds. The smallest absolute Gasteiger partial charge is 0.0110 e. The van der Waals surface area contributed by atoms with E-state index in [-0.39, 0.29) is 0 Å². The van der Waals surface area contributed by atoms with Gasteiger partial charge in [0.25, 0.3) is 0 Å². The molecular formula is C14H31N. The summed E-state index contributed by atoms with van der Waals surface area (Å²) in [6.07, 6.45) is 7.39. The first-order chi connectivity index (χ1) is 7.26. The van der Waals surface area contributed by atoms with Crippen LogP contribution in [-0.4, -0.2) is 0 Å². The molecule has 0 aromatic carbocycles. The van der Waals surface area contributed by atoms with Gasteiger partial charge in [0.2, 0.25) is 0 Å². The molecule has 0 bridgehead atoms. The Morgan fingerprint density at radius 2 is 1.53 bits per heavy atom. The number of nitrogens with two attached hydrogens (primary N) is 1. The lowest BCUT2D eigenvalue weighted by Crippen LogP contribution is -1.99. The van der Waals surface area contributed by atoms with Gasteiger partial charge in [-0.2, -0.15) is 0 Å². The summed E-state index contributed by atoms with van der Waals surface area (Å²) in [4.78, 5) is 0. The van der Waals surface area contributed by atoms with E-state index in [1.807, 2.05) is 40.7 Å². The van der Waals surface area contributed by atoms with Crippen molar-refractivity contribution in [2.75, 3.05) is 0 Å². The monoisotopic (exact) mass is 213 g/mol. The fraction of sp³-hybridized carbons (Fsp3) is 0.714. The van der Waals surface area contributed by atoms with Crippen LogP contribution in [0.4, 0.5) is 0 Å². The maximum Gasteiger partial charge on any atom is 0.0110 e. The molecule has 0 saturated heterocycles. The molecule has 0 aliphatic carbocycles. The molecule has 0 saturated carbocycles. The van der Waals surface area contributed by atoms with Crippen molar-refractivity contribution in [2.45, 2.75) is 67.7 Å². The van der Waals surface area contributed by atoms with Crippen LogP contribution in [0.15, 0.2) is 23.4 Å². The van der Waals surface area contributed by atoms with Gasteiger partial charge in [0.05, 0.1) is 0 Å². The van der Waals surface area contributed by atoms with E-state index in [0.29, 0.717) is 0 Å². The molecule has 0 radical (unpaired) electrons. The summed E-state index contributed by atoms with van der Waals surface area (Å²) in [5.41, 5.74) is 8.15. The van der Waals surface area contributed by atoms with Crippen molar-refractivity contribution in [3.8, 4) is 0 Å². The van der Waals surface area contributed by atoms with Crippen molar-refractivity contribution in [1.82, 2.24) is 0 Å². The highest BCUT2D eigenvalue weighted by Crippen LogP contribution is 2.11. The molecule has 15 heavy (non-hydrogen) atoms. The van der Waals surface area contributed by atoms with Gasteiger partial charge in [-0.05, 0) is 25.3 Å². The SMILES string of the molecule is C/C=C\C(CCC)=C(/N)CC.CC.CC. The number of hydrogen-bond acceptors (Lipinski definition) is 1. The Kier molecular flexibility index (Phi) is 25.0. The molecule has 0 unspecified atom stereocenters. The molecule has 0 aromatic rings. The maximum absolute atomic E-state index is 5.82. The second kappa shape index (κ2) is 18.9. The van der Waals surface area contributed by atoms with Crippen LogP contribution in [-0.2, 0) is 0 Å². The molecule has 1 nitrogen and oxygen atoms in total. The van der Waals surface area contributed by atoms with Crippen LogP contribution < -0.4 is 5.73 Å². The van der Waals surface area contributed by atoms with E-state index in [9.17, 15) is 0 Å². The molecule has 0 atom stereocenters. The normalized spacial score (nSPS) is 10.9. The Balaban J connectivity index is -0.000000318. The van der Waals surface area contributed by atoms with Gasteiger partial charge in [0, 0.05) is 5.70 Å². The van der Waals surface area contributed by atoms with E-state index in [0.717, 1.165) is 18.5 Å². The van der Waals surface area contributed by atoms with Gasteiger partial charge in [-0.3, -0.25) is 0 Å². The average Bonchev–Trinajstić information content (AvgIpc) is 2.33. The first-order valence-corrected chi connectivity index (χ1v) is 6.36. The zero-order valence-electron chi connectivity index (χ0n) is 11.9. The number of allylic oxidation sites excluding steroid dienone is 4. The van der Waals surface area contributed by atoms with Crippen LogP contribution in [0, 0.1) is 0 Å². The summed E-state index contributed by atoms with van der Waals surface area (Å²) in [6.45, 7) is 14.3. The van der Waals surface area contributed by atoms with E-state index in [1.165, 1.54) is 12.0 Å². The molecule has 0 heterocycles. The Hall–Kier alpha value is -0.720.